The number of β-amino-alcohol motifs (C(OH)–C–C–N with tert-alkyl or cyclic N) is 2. The van der Waals surface area contributed by atoms with E-state index in [0.717, 1.165) is 0 Å². The van der Waals surface area contributed by atoms with Crippen LogP contribution in [0.5, 0.6) is 5.75 Å². The molecule has 0 bridgehead atoms. The van der Waals surface area contributed by atoms with Gasteiger partial charge in [-0.15, -0.1) is 0 Å². The SMILES string of the molecule is OC1(CN2CCOCC(O)(COc3ccc(F)cc3)C2)CCOCC1. The van der Waals surface area contributed by atoms with Gasteiger partial charge in [-0.2, -0.15) is 0 Å². The zero-order valence-electron chi connectivity index (χ0n) is 14.3. The van der Waals surface area contributed by atoms with E-state index in [-0.39, 0.29) is 19.0 Å². The van der Waals surface area contributed by atoms with Crippen LogP contribution in [0.25, 0.3) is 0 Å². The second-order valence-electron chi connectivity index (χ2n) is 7.07. The maximum absolute atomic E-state index is 13.0. The van der Waals surface area contributed by atoms with E-state index < -0.39 is 11.2 Å². The molecular weight excluding hydrogens is 329 g/mol. The number of benzene rings is 1. The molecule has 2 aliphatic rings. The van der Waals surface area contributed by atoms with E-state index >= 15 is 0 Å². The van der Waals surface area contributed by atoms with Crippen molar-refractivity contribution in [3.05, 3.63) is 30.1 Å². The van der Waals surface area contributed by atoms with E-state index in [1.165, 1.54) is 24.3 Å². The third-order valence-electron chi connectivity index (χ3n) is 4.70. The number of hydrogen-bond acceptors (Lipinski definition) is 6. The van der Waals surface area contributed by atoms with Crippen molar-refractivity contribution in [2.45, 2.75) is 24.0 Å². The van der Waals surface area contributed by atoms with Gasteiger partial charge in [0.15, 0.2) is 0 Å². The minimum absolute atomic E-state index is 0.0384. The summed E-state index contributed by atoms with van der Waals surface area (Å²) in [6.45, 7) is 3.25. The monoisotopic (exact) mass is 355 g/mol. The van der Waals surface area contributed by atoms with Crippen LogP contribution < -0.4 is 4.74 Å². The Balaban J connectivity index is 1.58. The predicted molar refractivity (Wildman–Crippen MR) is 89.1 cm³/mol. The lowest BCUT2D eigenvalue weighted by Crippen LogP contribution is -2.53. The minimum atomic E-state index is -1.19. The molecule has 2 heterocycles. The smallest absolute Gasteiger partial charge is 0.134 e. The number of aliphatic hydroxyl groups is 2. The molecule has 7 heteroatoms. The fourth-order valence-electron chi connectivity index (χ4n) is 3.29. The first kappa shape index (κ1) is 18.5. The number of nitrogens with zero attached hydrogens (tertiary/aromatic N) is 1. The van der Waals surface area contributed by atoms with Crippen LogP contribution in [0.15, 0.2) is 24.3 Å². The maximum atomic E-state index is 13.0. The predicted octanol–water partition coefficient (Wildman–Crippen LogP) is 0.809. The summed E-state index contributed by atoms with van der Waals surface area (Å²) in [5.74, 6) is 0.161. The van der Waals surface area contributed by atoms with Gasteiger partial charge in [-0.1, -0.05) is 0 Å². The first-order valence-corrected chi connectivity index (χ1v) is 8.68. The molecule has 2 aliphatic heterocycles. The van der Waals surface area contributed by atoms with Crippen molar-refractivity contribution >= 4 is 0 Å². The van der Waals surface area contributed by atoms with Crippen LogP contribution in [0.2, 0.25) is 0 Å². The summed E-state index contributed by atoms with van der Waals surface area (Å²) in [5.41, 5.74) is -1.98. The van der Waals surface area contributed by atoms with Crippen molar-refractivity contribution in [1.82, 2.24) is 4.90 Å². The van der Waals surface area contributed by atoms with Gasteiger partial charge in [0, 0.05) is 45.7 Å². The Morgan fingerprint density at radius 2 is 1.76 bits per heavy atom. The minimum Gasteiger partial charge on any atom is -0.490 e. The first-order valence-electron chi connectivity index (χ1n) is 8.68. The molecule has 0 aromatic heterocycles. The summed E-state index contributed by atoms with van der Waals surface area (Å²) in [6.07, 6.45) is 1.18. The van der Waals surface area contributed by atoms with E-state index in [1.807, 2.05) is 4.90 Å². The van der Waals surface area contributed by atoms with Gasteiger partial charge in [0.1, 0.15) is 23.8 Å². The molecule has 0 amide bonds. The summed E-state index contributed by atoms with van der Waals surface area (Å²) >= 11 is 0. The molecule has 2 saturated heterocycles. The summed E-state index contributed by atoms with van der Waals surface area (Å²) in [5, 5.41) is 21.6. The van der Waals surface area contributed by atoms with Crippen LogP contribution in [0, 0.1) is 5.82 Å². The second kappa shape index (κ2) is 7.97. The van der Waals surface area contributed by atoms with Crippen molar-refractivity contribution in [3.63, 3.8) is 0 Å². The van der Waals surface area contributed by atoms with E-state index in [2.05, 4.69) is 0 Å². The molecule has 25 heavy (non-hydrogen) atoms. The molecule has 0 aliphatic carbocycles. The molecule has 3 rings (SSSR count). The fourth-order valence-corrected chi connectivity index (χ4v) is 3.29. The van der Waals surface area contributed by atoms with Crippen molar-refractivity contribution in [2.75, 3.05) is 52.7 Å². The first-order chi connectivity index (χ1) is 12.0. The zero-order valence-corrected chi connectivity index (χ0v) is 14.3. The molecule has 1 atom stereocenters. The highest BCUT2D eigenvalue weighted by molar-refractivity contribution is 5.22. The fraction of sp³-hybridized carbons (Fsp3) is 0.667. The number of halogens is 1. The number of hydrogen-bond donors (Lipinski definition) is 2. The van der Waals surface area contributed by atoms with Crippen LogP contribution in [-0.4, -0.2) is 79.0 Å². The largest absolute Gasteiger partial charge is 0.490 e. The van der Waals surface area contributed by atoms with Gasteiger partial charge in [-0.05, 0) is 24.3 Å². The quantitative estimate of drug-likeness (QED) is 0.815. The van der Waals surface area contributed by atoms with Gasteiger partial charge >= 0.3 is 0 Å². The molecule has 0 radical (unpaired) electrons. The Labute approximate surface area is 147 Å². The molecule has 1 unspecified atom stereocenters. The number of ether oxygens (including phenoxy) is 3. The molecule has 0 saturated carbocycles. The molecule has 2 fully saturated rings. The second-order valence-corrected chi connectivity index (χ2v) is 7.07. The molecule has 140 valence electrons. The molecule has 1 aromatic carbocycles. The Morgan fingerprint density at radius 3 is 2.48 bits per heavy atom. The van der Waals surface area contributed by atoms with Crippen LogP contribution in [0.4, 0.5) is 4.39 Å². The molecule has 0 spiro atoms. The van der Waals surface area contributed by atoms with Crippen molar-refractivity contribution in [1.29, 1.82) is 0 Å². The van der Waals surface area contributed by atoms with E-state index in [4.69, 9.17) is 14.2 Å². The van der Waals surface area contributed by atoms with Crippen LogP contribution in [0.3, 0.4) is 0 Å². The third-order valence-corrected chi connectivity index (χ3v) is 4.70. The summed E-state index contributed by atoms with van der Waals surface area (Å²) in [4.78, 5) is 2.02. The van der Waals surface area contributed by atoms with Gasteiger partial charge in [0.05, 0.1) is 18.8 Å². The topological polar surface area (TPSA) is 71.4 Å². The molecule has 1 aromatic rings. The van der Waals surface area contributed by atoms with Crippen molar-refractivity contribution < 1.29 is 28.8 Å². The highest BCUT2D eigenvalue weighted by Crippen LogP contribution is 2.24. The van der Waals surface area contributed by atoms with Gasteiger partial charge < -0.3 is 24.4 Å². The Hall–Kier alpha value is -1.25. The van der Waals surface area contributed by atoms with E-state index in [1.54, 1.807) is 0 Å². The Kier molecular flexibility index (Phi) is 5.91. The molecular formula is C18H26FNO5. The van der Waals surface area contributed by atoms with Crippen LogP contribution in [0.1, 0.15) is 12.8 Å². The average Bonchev–Trinajstić information content (AvgIpc) is 2.76. The lowest BCUT2D eigenvalue weighted by atomic mass is 9.93. The molecule has 2 N–H and O–H groups in total. The standard InChI is InChI=1S/C18H26FNO5/c19-15-1-3-16(4-2-15)25-14-18(22)12-20(7-10-24-13-18)11-17(21)5-8-23-9-6-17/h1-4,21-22H,5-14H2. The maximum Gasteiger partial charge on any atom is 0.134 e. The number of rotatable bonds is 5. The van der Waals surface area contributed by atoms with Crippen molar-refractivity contribution in [3.8, 4) is 5.75 Å². The third kappa shape index (κ3) is 5.36. The van der Waals surface area contributed by atoms with Gasteiger partial charge in [0.25, 0.3) is 0 Å². The van der Waals surface area contributed by atoms with Gasteiger partial charge in [-0.3, -0.25) is 4.90 Å². The lowest BCUT2D eigenvalue weighted by Gasteiger charge is -2.38. The summed E-state index contributed by atoms with van der Waals surface area (Å²) in [6, 6.07) is 5.68. The van der Waals surface area contributed by atoms with Crippen LogP contribution in [-0.2, 0) is 9.47 Å². The van der Waals surface area contributed by atoms with Gasteiger partial charge in [-0.25, -0.2) is 4.39 Å². The average molecular weight is 355 g/mol. The van der Waals surface area contributed by atoms with Crippen molar-refractivity contribution in [2.24, 2.45) is 0 Å². The zero-order chi connectivity index (χ0) is 17.8. The van der Waals surface area contributed by atoms with Gasteiger partial charge in [0.2, 0.25) is 0 Å². The highest BCUT2D eigenvalue weighted by atomic mass is 19.1. The highest BCUT2D eigenvalue weighted by Gasteiger charge is 2.38. The lowest BCUT2D eigenvalue weighted by molar-refractivity contribution is -0.0947. The van der Waals surface area contributed by atoms with E-state index in [9.17, 15) is 14.6 Å². The Morgan fingerprint density at radius 1 is 1.04 bits per heavy atom. The Bertz CT molecular complexity index is 549. The molecule has 6 nitrogen and oxygen atoms in total. The summed E-state index contributed by atoms with van der Waals surface area (Å²) < 4.78 is 29.4. The summed E-state index contributed by atoms with van der Waals surface area (Å²) in [7, 11) is 0. The van der Waals surface area contributed by atoms with E-state index in [0.29, 0.717) is 58.0 Å². The normalized spacial score (nSPS) is 27.6. The van der Waals surface area contributed by atoms with Crippen LogP contribution >= 0.6 is 0 Å².